The van der Waals surface area contributed by atoms with Gasteiger partial charge >= 0.3 is 0 Å². The lowest BCUT2D eigenvalue weighted by molar-refractivity contribution is 0.552. The minimum absolute atomic E-state index is 0.558. The van der Waals surface area contributed by atoms with Crippen LogP contribution in [0.25, 0.3) is 0 Å². The molecule has 0 aromatic carbocycles. The zero-order chi connectivity index (χ0) is 11.4. The molecule has 0 saturated carbocycles. The molecule has 1 atom stereocenters. The molecule has 1 aliphatic rings. The molecule has 2 N–H and O–H groups in total. The van der Waals surface area contributed by atoms with E-state index in [-0.39, 0.29) is 0 Å². The highest BCUT2D eigenvalue weighted by Gasteiger charge is 2.22. The Morgan fingerprint density at radius 2 is 2.12 bits per heavy atom. The summed E-state index contributed by atoms with van der Waals surface area (Å²) < 4.78 is 0. The summed E-state index contributed by atoms with van der Waals surface area (Å²) in [7, 11) is 0. The molecule has 1 unspecified atom stereocenters. The second-order valence-electron chi connectivity index (χ2n) is 4.37. The molecule has 1 fully saturated rings. The molecule has 0 aliphatic carbocycles. The normalized spacial score (nSPS) is 21.8. The van der Waals surface area contributed by atoms with Crippen LogP contribution in [0.1, 0.15) is 39.0 Å². The van der Waals surface area contributed by atoms with Gasteiger partial charge in [-0.15, -0.1) is 0 Å². The molecule has 2 heterocycles. The minimum Gasteiger partial charge on any atom is -0.381 e. The Morgan fingerprint density at radius 3 is 2.88 bits per heavy atom. The topological polar surface area (TPSA) is 55.0 Å². The average Bonchev–Trinajstić information content (AvgIpc) is 2.54. The van der Waals surface area contributed by atoms with Gasteiger partial charge in [0.15, 0.2) is 11.6 Å². The van der Waals surface area contributed by atoms with Crippen molar-refractivity contribution in [3.63, 3.8) is 0 Å². The summed E-state index contributed by atoms with van der Waals surface area (Å²) in [6.45, 7) is 3.29. The Labute approximate surface area is 96.9 Å². The monoisotopic (exact) mass is 220 g/mol. The van der Waals surface area contributed by atoms with Crippen molar-refractivity contribution in [2.75, 3.05) is 17.2 Å². The fraction of sp³-hybridized carbons (Fsp3) is 0.667. The third-order valence-corrected chi connectivity index (χ3v) is 3.33. The first-order valence-corrected chi connectivity index (χ1v) is 6.16. The van der Waals surface area contributed by atoms with Crippen LogP contribution in [0, 0.1) is 0 Å². The Hall–Kier alpha value is -1.32. The lowest BCUT2D eigenvalue weighted by atomic mass is 10.1. The molecule has 1 saturated heterocycles. The van der Waals surface area contributed by atoms with E-state index in [1.54, 1.807) is 12.4 Å². The Morgan fingerprint density at radius 1 is 1.31 bits per heavy atom. The van der Waals surface area contributed by atoms with Crippen LogP contribution in [0.15, 0.2) is 12.4 Å². The number of nitrogen functional groups attached to an aromatic ring is 1. The smallest absolute Gasteiger partial charge is 0.171 e. The van der Waals surface area contributed by atoms with Crippen molar-refractivity contribution < 1.29 is 0 Å². The van der Waals surface area contributed by atoms with Crippen molar-refractivity contribution in [3.8, 4) is 0 Å². The first kappa shape index (κ1) is 11.2. The fourth-order valence-electron chi connectivity index (χ4n) is 2.44. The molecule has 2 rings (SSSR count). The van der Waals surface area contributed by atoms with Crippen LogP contribution in [0.4, 0.5) is 11.6 Å². The summed E-state index contributed by atoms with van der Waals surface area (Å²) in [5.41, 5.74) is 5.90. The van der Waals surface area contributed by atoms with E-state index in [2.05, 4.69) is 21.8 Å². The maximum Gasteiger partial charge on any atom is 0.171 e. The fourth-order valence-corrected chi connectivity index (χ4v) is 2.44. The molecule has 16 heavy (non-hydrogen) atoms. The zero-order valence-electron chi connectivity index (χ0n) is 9.89. The first-order chi connectivity index (χ1) is 7.83. The predicted octanol–water partition coefficient (Wildman–Crippen LogP) is 2.22. The van der Waals surface area contributed by atoms with Gasteiger partial charge in [0, 0.05) is 25.0 Å². The lowest BCUT2D eigenvalue weighted by Crippen LogP contribution is -2.35. The summed E-state index contributed by atoms with van der Waals surface area (Å²) in [5, 5.41) is 0. The molecule has 4 heteroatoms. The van der Waals surface area contributed by atoms with E-state index in [1.165, 1.54) is 25.7 Å². The van der Waals surface area contributed by atoms with Crippen molar-refractivity contribution in [3.05, 3.63) is 12.4 Å². The molecular weight excluding hydrogens is 200 g/mol. The quantitative estimate of drug-likeness (QED) is 0.830. The molecule has 1 aliphatic heterocycles. The number of hydrogen-bond donors (Lipinski definition) is 1. The van der Waals surface area contributed by atoms with Crippen LogP contribution in [0.3, 0.4) is 0 Å². The average molecular weight is 220 g/mol. The summed E-state index contributed by atoms with van der Waals surface area (Å²) in [6.07, 6.45) is 9.62. The summed E-state index contributed by atoms with van der Waals surface area (Å²) >= 11 is 0. The van der Waals surface area contributed by atoms with E-state index in [4.69, 9.17) is 5.73 Å². The van der Waals surface area contributed by atoms with Crippen LogP contribution in [0.5, 0.6) is 0 Å². The van der Waals surface area contributed by atoms with Gasteiger partial charge in [0.25, 0.3) is 0 Å². The van der Waals surface area contributed by atoms with E-state index < -0.39 is 0 Å². The van der Waals surface area contributed by atoms with Crippen LogP contribution in [-0.2, 0) is 0 Å². The number of nitrogens with zero attached hydrogens (tertiary/aromatic N) is 3. The molecule has 0 radical (unpaired) electrons. The number of rotatable bonds is 2. The van der Waals surface area contributed by atoms with Crippen LogP contribution < -0.4 is 10.6 Å². The van der Waals surface area contributed by atoms with Gasteiger partial charge in [-0.25, -0.2) is 9.97 Å². The number of anilines is 2. The summed E-state index contributed by atoms with van der Waals surface area (Å²) in [5.74, 6) is 1.43. The van der Waals surface area contributed by atoms with Gasteiger partial charge < -0.3 is 10.6 Å². The maximum atomic E-state index is 5.90. The second-order valence-corrected chi connectivity index (χ2v) is 4.37. The van der Waals surface area contributed by atoms with E-state index in [1.807, 2.05) is 0 Å². The van der Waals surface area contributed by atoms with E-state index >= 15 is 0 Å². The van der Waals surface area contributed by atoms with Gasteiger partial charge in [0.1, 0.15) is 0 Å². The largest absolute Gasteiger partial charge is 0.381 e. The van der Waals surface area contributed by atoms with E-state index in [0.29, 0.717) is 11.9 Å². The van der Waals surface area contributed by atoms with Gasteiger partial charge in [-0.2, -0.15) is 0 Å². The van der Waals surface area contributed by atoms with Crippen molar-refractivity contribution in [2.24, 2.45) is 0 Å². The van der Waals surface area contributed by atoms with Crippen LogP contribution in [-0.4, -0.2) is 22.6 Å². The molecule has 1 aromatic rings. The second kappa shape index (κ2) is 5.14. The highest BCUT2D eigenvalue weighted by Crippen LogP contribution is 2.26. The minimum atomic E-state index is 0.558. The molecule has 0 amide bonds. The van der Waals surface area contributed by atoms with E-state index in [9.17, 15) is 0 Å². The standard InChI is InChI=1S/C12H20N4/c1-2-10-6-4-3-5-9-16(10)12-11(13)14-7-8-15-12/h7-8,10H,2-6,9H2,1H3,(H2,13,14). The SMILES string of the molecule is CCC1CCCCCN1c1nccnc1N. The molecule has 88 valence electrons. The number of aromatic nitrogens is 2. The Balaban J connectivity index is 2.25. The Kier molecular flexibility index (Phi) is 3.59. The molecule has 1 aromatic heterocycles. The predicted molar refractivity (Wildman–Crippen MR) is 66.3 cm³/mol. The molecule has 0 bridgehead atoms. The third kappa shape index (κ3) is 2.26. The van der Waals surface area contributed by atoms with Crippen molar-refractivity contribution in [1.82, 2.24) is 9.97 Å². The van der Waals surface area contributed by atoms with Crippen molar-refractivity contribution in [1.29, 1.82) is 0 Å². The Bertz CT molecular complexity index is 340. The first-order valence-electron chi connectivity index (χ1n) is 6.16. The zero-order valence-corrected chi connectivity index (χ0v) is 9.89. The van der Waals surface area contributed by atoms with Crippen LogP contribution in [0.2, 0.25) is 0 Å². The molecule has 0 spiro atoms. The van der Waals surface area contributed by atoms with Gasteiger partial charge in [0.2, 0.25) is 0 Å². The number of nitrogens with two attached hydrogens (primary N) is 1. The lowest BCUT2D eigenvalue weighted by Gasteiger charge is -2.30. The van der Waals surface area contributed by atoms with Crippen molar-refractivity contribution in [2.45, 2.75) is 45.1 Å². The summed E-state index contributed by atoms with van der Waals surface area (Å²) in [6, 6.07) is 0.571. The van der Waals surface area contributed by atoms with Gasteiger partial charge in [-0.3, -0.25) is 0 Å². The highest BCUT2D eigenvalue weighted by molar-refractivity contribution is 5.57. The third-order valence-electron chi connectivity index (χ3n) is 3.33. The van der Waals surface area contributed by atoms with Crippen LogP contribution >= 0.6 is 0 Å². The molecule has 4 nitrogen and oxygen atoms in total. The van der Waals surface area contributed by atoms with Gasteiger partial charge in [-0.1, -0.05) is 19.8 Å². The van der Waals surface area contributed by atoms with Crippen molar-refractivity contribution >= 4 is 11.6 Å². The van der Waals surface area contributed by atoms with E-state index in [0.717, 1.165) is 18.8 Å². The van der Waals surface area contributed by atoms with Gasteiger partial charge in [0.05, 0.1) is 0 Å². The summed E-state index contributed by atoms with van der Waals surface area (Å²) in [4.78, 5) is 10.9. The maximum absolute atomic E-state index is 5.90. The highest BCUT2D eigenvalue weighted by atomic mass is 15.2. The van der Waals surface area contributed by atoms with Gasteiger partial charge in [-0.05, 0) is 19.3 Å². The molecular formula is C12H20N4. The number of hydrogen-bond acceptors (Lipinski definition) is 4.